The SMILES string of the molecule is CC12C=C(C#N)C(=O)C=C1[C@@]1(C)C=C(C(=O)O)C(=O)C(C)(C)[C@@H]1CC2. The largest absolute Gasteiger partial charge is 0.478 e. The minimum Gasteiger partial charge on any atom is -0.478 e. The van der Waals surface area contributed by atoms with Crippen molar-refractivity contribution in [3.63, 3.8) is 0 Å². The van der Waals surface area contributed by atoms with Crippen LogP contribution in [-0.2, 0) is 14.4 Å². The summed E-state index contributed by atoms with van der Waals surface area (Å²) in [5.41, 5.74) is -1.31. The predicted molar refractivity (Wildman–Crippen MR) is 90.2 cm³/mol. The number of nitriles is 1. The first kappa shape index (κ1) is 17.3. The molecule has 0 aromatic carbocycles. The van der Waals surface area contributed by atoms with Crippen LogP contribution in [0.4, 0.5) is 0 Å². The summed E-state index contributed by atoms with van der Waals surface area (Å²) >= 11 is 0. The third-order valence-electron chi connectivity index (χ3n) is 6.37. The topological polar surface area (TPSA) is 95.2 Å². The highest BCUT2D eigenvalue weighted by atomic mass is 16.4. The van der Waals surface area contributed by atoms with Gasteiger partial charge in [-0.1, -0.05) is 39.8 Å². The second-order valence-electron chi connectivity index (χ2n) is 8.30. The second-order valence-corrected chi connectivity index (χ2v) is 8.30. The van der Waals surface area contributed by atoms with E-state index in [9.17, 15) is 24.8 Å². The molecule has 0 spiro atoms. The molecule has 1 saturated carbocycles. The minimum absolute atomic E-state index is 0.0974. The molecule has 1 fully saturated rings. The summed E-state index contributed by atoms with van der Waals surface area (Å²) in [4.78, 5) is 36.6. The van der Waals surface area contributed by atoms with Crippen molar-refractivity contribution >= 4 is 17.5 Å². The van der Waals surface area contributed by atoms with Crippen molar-refractivity contribution in [3.05, 3.63) is 34.9 Å². The molecule has 3 rings (SSSR count). The lowest BCUT2D eigenvalue weighted by molar-refractivity contribution is -0.140. The Morgan fingerprint density at radius 1 is 1.24 bits per heavy atom. The molecule has 0 aromatic heterocycles. The van der Waals surface area contributed by atoms with Crippen molar-refractivity contribution in [2.24, 2.45) is 22.2 Å². The summed E-state index contributed by atoms with van der Waals surface area (Å²) in [5.74, 6) is -2.04. The van der Waals surface area contributed by atoms with Gasteiger partial charge in [0.25, 0.3) is 0 Å². The Kier molecular flexibility index (Phi) is 3.48. The lowest BCUT2D eigenvalue weighted by atomic mass is 9.45. The molecular formula is C20H21NO4. The Hall–Kier alpha value is -2.48. The zero-order valence-electron chi connectivity index (χ0n) is 14.8. The van der Waals surface area contributed by atoms with Crippen LogP contribution in [0.15, 0.2) is 34.9 Å². The van der Waals surface area contributed by atoms with Crippen molar-refractivity contribution in [1.82, 2.24) is 0 Å². The number of Topliss-reactive ketones (excluding diaryl/α,β-unsaturated/α-hetero) is 1. The van der Waals surface area contributed by atoms with E-state index in [0.717, 1.165) is 12.0 Å². The van der Waals surface area contributed by atoms with Crippen molar-refractivity contribution in [1.29, 1.82) is 5.26 Å². The molecule has 3 atom stereocenters. The Morgan fingerprint density at radius 2 is 1.88 bits per heavy atom. The highest BCUT2D eigenvalue weighted by molar-refractivity contribution is 6.19. The van der Waals surface area contributed by atoms with Gasteiger partial charge in [-0.2, -0.15) is 5.26 Å². The number of allylic oxidation sites excluding steroid dienone is 5. The molecule has 25 heavy (non-hydrogen) atoms. The Bertz CT molecular complexity index is 851. The van der Waals surface area contributed by atoms with Crippen molar-refractivity contribution in [2.75, 3.05) is 0 Å². The van der Waals surface area contributed by atoms with Crippen molar-refractivity contribution < 1.29 is 19.5 Å². The van der Waals surface area contributed by atoms with Gasteiger partial charge in [-0.15, -0.1) is 0 Å². The fourth-order valence-corrected chi connectivity index (χ4v) is 5.16. The average Bonchev–Trinajstić information content (AvgIpc) is 2.51. The zero-order valence-corrected chi connectivity index (χ0v) is 14.8. The molecule has 3 aliphatic carbocycles. The Labute approximate surface area is 146 Å². The fourth-order valence-electron chi connectivity index (χ4n) is 5.16. The third kappa shape index (κ3) is 2.17. The molecule has 1 N–H and O–H groups in total. The summed E-state index contributed by atoms with van der Waals surface area (Å²) in [6.45, 7) is 7.47. The van der Waals surface area contributed by atoms with E-state index in [1.54, 1.807) is 19.9 Å². The van der Waals surface area contributed by atoms with Crippen LogP contribution in [0.5, 0.6) is 0 Å². The van der Waals surface area contributed by atoms with Crippen LogP contribution < -0.4 is 0 Å². The molecule has 5 nitrogen and oxygen atoms in total. The smallest absolute Gasteiger partial charge is 0.339 e. The van der Waals surface area contributed by atoms with Gasteiger partial charge in [0.1, 0.15) is 6.07 Å². The van der Waals surface area contributed by atoms with Gasteiger partial charge >= 0.3 is 5.97 Å². The normalized spacial score (nSPS) is 36.3. The standard InChI is InChI=1S/C20H21NO4/c1-18(2)14-5-6-19(3)8-11(10-21)13(22)7-15(19)20(14,4)9-12(16(18)23)17(24)25/h7-9,14H,5-6H2,1-4H3,(H,24,25)/t14-,19?,20-/m0/s1. The monoisotopic (exact) mass is 339 g/mol. The maximum Gasteiger partial charge on any atom is 0.339 e. The van der Waals surface area contributed by atoms with E-state index in [-0.39, 0.29) is 28.6 Å². The molecule has 0 heterocycles. The maximum absolute atomic E-state index is 12.7. The van der Waals surface area contributed by atoms with E-state index in [1.165, 1.54) is 12.2 Å². The summed E-state index contributed by atoms with van der Waals surface area (Å²) in [7, 11) is 0. The van der Waals surface area contributed by atoms with E-state index in [4.69, 9.17) is 0 Å². The molecular weight excluding hydrogens is 318 g/mol. The number of ketones is 2. The summed E-state index contributed by atoms with van der Waals surface area (Å²) in [5, 5.41) is 18.7. The number of carbonyl (C=O) groups excluding carboxylic acids is 2. The maximum atomic E-state index is 12.7. The number of fused-ring (bicyclic) bond motifs is 3. The molecule has 1 unspecified atom stereocenters. The molecule has 5 heteroatoms. The molecule has 0 aliphatic heterocycles. The number of carboxylic acid groups (broad SMARTS) is 1. The molecule has 3 aliphatic rings. The summed E-state index contributed by atoms with van der Waals surface area (Å²) < 4.78 is 0. The van der Waals surface area contributed by atoms with Gasteiger partial charge in [0.15, 0.2) is 11.6 Å². The number of carboxylic acids is 1. The van der Waals surface area contributed by atoms with Crippen molar-refractivity contribution in [2.45, 2.75) is 40.5 Å². The zero-order chi connectivity index (χ0) is 18.8. The minimum atomic E-state index is -1.24. The number of carbonyl (C=O) groups is 3. The number of hydrogen-bond donors (Lipinski definition) is 1. The first-order chi connectivity index (χ1) is 11.5. The van der Waals surface area contributed by atoms with Crippen LogP contribution in [0, 0.1) is 33.5 Å². The molecule has 130 valence electrons. The van der Waals surface area contributed by atoms with E-state index >= 15 is 0 Å². The van der Waals surface area contributed by atoms with Crippen LogP contribution in [-0.4, -0.2) is 22.6 Å². The third-order valence-corrected chi connectivity index (χ3v) is 6.37. The fraction of sp³-hybridized carbons (Fsp3) is 0.500. The first-order valence-corrected chi connectivity index (χ1v) is 8.38. The number of hydrogen-bond acceptors (Lipinski definition) is 4. The van der Waals surface area contributed by atoms with Crippen LogP contribution >= 0.6 is 0 Å². The lowest BCUT2D eigenvalue weighted by Crippen LogP contribution is -2.53. The average molecular weight is 339 g/mol. The molecule has 0 amide bonds. The van der Waals surface area contributed by atoms with Crippen LogP contribution in [0.25, 0.3) is 0 Å². The quantitative estimate of drug-likeness (QED) is 0.741. The highest BCUT2D eigenvalue weighted by Crippen LogP contribution is 2.63. The molecule has 0 radical (unpaired) electrons. The number of aliphatic carboxylic acids is 1. The van der Waals surface area contributed by atoms with E-state index in [0.29, 0.717) is 6.42 Å². The van der Waals surface area contributed by atoms with Gasteiger partial charge in [0.05, 0.1) is 11.1 Å². The van der Waals surface area contributed by atoms with Gasteiger partial charge in [0.2, 0.25) is 0 Å². The Balaban J connectivity index is 2.27. The van der Waals surface area contributed by atoms with Gasteiger partial charge in [-0.05, 0) is 30.4 Å². The molecule has 0 bridgehead atoms. The van der Waals surface area contributed by atoms with Gasteiger partial charge in [0, 0.05) is 16.2 Å². The molecule has 0 aromatic rings. The summed E-state index contributed by atoms with van der Waals surface area (Å²) in [6.07, 6.45) is 6.17. The first-order valence-electron chi connectivity index (χ1n) is 8.38. The van der Waals surface area contributed by atoms with Gasteiger partial charge in [-0.3, -0.25) is 9.59 Å². The summed E-state index contributed by atoms with van der Waals surface area (Å²) in [6, 6.07) is 1.95. The predicted octanol–water partition coefficient (Wildman–Crippen LogP) is 2.99. The van der Waals surface area contributed by atoms with Crippen LogP contribution in [0.2, 0.25) is 0 Å². The van der Waals surface area contributed by atoms with Crippen LogP contribution in [0.3, 0.4) is 0 Å². The van der Waals surface area contributed by atoms with Gasteiger partial charge in [-0.25, -0.2) is 4.79 Å². The van der Waals surface area contributed by atoms with E-state index < -0.39 is 22.2 Å². The lowest BCUT2D eigenvalue weighted by Gasteiger charge is -2.57. The van der Waals surface area contributed by atoms with E-state index in [1.807, 2.05) is 19.9 Å². The second kappa shape index (κ2) is 5.01. The van der Waals surface area contributed by atoms with Crippen molar-refractivity contribution in [3.8, 4) is 6.07 Å². The number of rotatable bonds is 1. The van der Waals surface area contributed by atoms with E-state index in [2.05, 4.69) is 0 Å². The molecule has 0 saturated heterocycles. The van der Waals surface area contributed by atoms with Gasteiger partial charge < -0.3 is 5.11 Å². The van der Waals surface area contributed by atoms with Crippen LogP contribution in [0.1, 0.15) is 40.5 Å². The Morgan fingerprint density at radius 3 is 2.44 bits per heavy atom. The highest BCUT2D eigenvalue weighted by Gasteiger charge is 2.59. The number of nitrogens with zero attached hydrogens (tertiary/aromatic N) is 1.